The minimum atomic E-state index is -0.136. The first-order valence-electron chi connectivity index (χ1n) is 10.3. The Bertz CT molecular complexity index is 1950. The predicted molar refractivity (Wildman–Crippen MR) is 148 cm³/mol. The molecule has 7 aromatic rings. The van der Waals surface area contributed by atoms with E-state index in [0.29, 0.717) is 40.3 Å². The van der Waals surface area contributed by atoms with Crippen molar-refractivity contribution in [2.45, 2.75) is 0 Å². The van der Waals surface area contributed by atoms with Crippen molar-refractivity contribution in [3.05, 3.63) is 102 Å². The van der Waals surface area contributed by atoms with Gasteiger partial charge < -0.3 is 0 Å². The van der Waals surface area contributed by atoms with E-state index in [1.165, 1.54) is 45.3 Å². The van der Waals surface area contributed by atoms with Crippen LogP contribution >= 0.6 is 45.3 Å². The normalized spacial score (nSPS) is 12.0. The Morgan fingerprint density at radius 2 is 0.618 bits per heavy atom. The molecule has 8 heteroatoms. The first-order valence-corrected chi connectivity index (χ1v) is 13.5. The van der Waals surface area contributed by atoms with Gasteiger partial charge in [-0.05, 0) is 12.1 Å². The second kappa shape index (κ2) is 7.10. The molecule has 2 aromatic heterocycles. The molecule has 34 heavy (non-hydrogen) atoms. The Labute approximate surface area is 205 Å². The van der Waals surface area contributed by atoms with Gasteiger partial charge in [-0.15, -0.1) is 45.3 Å². The van der Waals surface area contributed by atoms with Gasteiger partial charge in [0.25, 0.3) is 0 Å². The molecule has 0 amide bonds. The molecule has 0 bridgehead atoms. The molecule has 0 atom stereocenters. The quantitative estimate of drug-likeness (QED) is 0.223. The molecule has 0 spiro atoms. The van der Waals surface area contributed by atoms with Crippen molar-refractivity contribution in [2.24, 2.45) is 0 Å². The highest BCUT2D eigenvalue weighted by Crippen LogP contribution is 2.38. The van der Waals surface area contributed by atoms with Crippen LogP contribution in [0.25, 0.3) is 59.1 Å². The zero-order chi connectivity index (χ0) is 23.1. The van der Waals surface area contributed by atoms with Crippen molar-refractivity contribution in [1.82, 2.24) is 0 Å². The summed E-state index contributed by atoms with van der Waals surface area (Å²) in [7, 11) is 0. The van der Waals surface area contributed by atoms with E-state index in [4.69, 9.17) is 0 Å². The lowest BCUT2D eigenvalue weighted by molar-refractivity contribution is 1.72. The van der Waals surface area contributed by atoms with E-state index < -0.39 is 0 Å². The van der Waals surface area contributed by atoms with Gasteiger partial charge in [0.15, 0.2) is 0 Å². The third kappa shape index (κ3) is 2.68. The first kappa shape index (κ1) is 20.1. The van der Waals surface area contributed by atoms with Crippen LogP contribution in [0.15, 0.2) is 79.8 Å². The number of rotatable bonds is 0. The zero-order valence-corrected chi connectivity index (χ0v) is 20.3. The fraction of sp³-hybridized carbons (Fsp3) is 0. The van der Waals surface area contributed by atoms with E-state index in [0.717, 1.165) is 18.8 Å². The molecule has 0 aliphatic heterocycles. The Hall–Kier alpha value is -3.30. The second-order valence-electron chi connectivity index (χ2n) is 7.88. The summed E-state index contributed by atoms with van der Waals surface area (Å²) < 4.78 is 5.29. The monoisotopic (exact) mass is 514 g/mol. The van der Waals surface area contributed by atoms with Crippen LogP contribution in [0.5, 0.6) is 0 Å². The highest BCUT2D eigenvalue weighted by molar-refractivity contribution is 7.38. The van der Waals surface area contributed by atoms with Crippen molar-refractivity contribution in [2.75, 3.05) is 0 Å². The van der Waals surface area contributed by atoms with Crippen molar-refractivity contribution in [3.8, 4) is 0 Å². The van der Waals surface area contributed by atoms with Crippen LogP contribution in [-0.2, 0) is 0 Å². The SMILES string of the molecule is O=c1c2ccccc2c(=O)c2sc3cc4sc5c(=O)c6ccccc6c(=O)c5sc4cc3sc12. The highest BCUT2D eigenvalue weighted by atomic mass is 32.1. The molecule has 2 heterocycles. The van der Waals surface area contributed by atoms with Gasteiger partial charge in [-0.25, -0.2) is 0 Å². The van der Waals surface area contributed by atoms with Crippen LogP contribution in [0.2, 0.25) is 0 Å². The smallest absolute Gasteiger partial charge is 0.205 e. The van der Waals surface area contributed by atoms with Crippen molar-refractivity contribution in [3.63, 3.8) is 0 Å². The Balaban J connectivity index is 1.65. The van der Waals surface area contributed by atoms with Gasteiger partial charge in [0, 0.05) is 40.3 Å². The summed E-state index contributed by atoms with van der Waals surface area (Å²) in [6.45, 7) is 0. The Kier molecular flexibility index (Phi) is 4.20. The van der Waals surface area contributed by atoms with Crippen molar-refractivity contribution < 1.29 is 0 Å². The summed E-state index contributed by atoms with van der Waals surface area (Å²) in [4.78, 5) is 52.5. The minimum absolute atomic E-state index is 0.136. The van der Waals surface area contributed by atoms with Gasteiger partial charge in [0.05, 0.1) is 18.8 Å². The molecule has 5 aromatic carbocycles. The van der Waals surface area contributed by atoms with E-state index >= 15 is 0 Å². The third-order valence-electron chi connectivity index (χ3n) is 5.93. The lowest BCUT2D eigenvalue weighted by Crippen LogP contribution is -2.11. The van der Waals surface area contributed by atoms with Crippen LogP contribution in [0.1, 0.15) is 0 Å². The summed E-state index contributed by atoms with van der Waals surface area (Å²) in [5.41, 5.74) is -0.545. The maximum absolute atomic E-state index is 13.1. The fourth-order valence-electron chi connectivity index (χ4n) is 4.31. The van der Waals surface area contributed by atoms with E-state index in [9.17, 15) is 19.2 Å². The van der Waals surface area contributed by atoms with Crippen LogP contribution in [-0.4, -0.2) is 0 Å². The van der Waals surface area contributed by atoms with Crippen molar-refractivity contribution >= 4 is 104 Å². The topological polar surface area (TPSA) is 68.3 Å². The number of fused-ring (bicyclic) bond motifs is 6. The van der Waals surface area contributed by atoms with Gasteiger partial charge >= 0.3 is 0 Å². The fourth-order valence-corrected chi connectivity index (χ4v) is 9.24. The molecule has 0 fully saturated rings. The number of benzene rings is 5. The lowest BCUT2D eigenvalue weighted by atomic mass is 10.1. The van der Waals surface area contributed by atoms with Gasteiger partial charge in [0.1, 0.15) is 0 Å². The second-order valence-corrected chi connectivity index (χ2v) is 12.1. The van der Waals surface area contributed by atoms with Gasteiger partial charge in [-0.3, -0.25) is 19.2 Å². The average Bonchev–Trinajstić information content (AvgIpc) is 2.87. The molecule has 0 saturated heterocycles. The lowest BCUT2D eigenvalue weighted by Gasteiger charge is -2.06. The molecule has 0 aliphatic carbocycles. The molecular weight excluding hydrogens is 505 g/mol. The molecule has 4 nitrogen and oxygen atoms in total. The van der Waals surface area contributed by atoms with E-state index in [-0.39, 0.29) is 21.7 Å². The van der Waals surface area contributed by atoms with Crippen molar-refractivity contribution in [1.29, 1.82) is 0 Å². The van der Waals surface area contributed by atoms with E-state index in [1.54, 1.807) is 48.5 Å². The maximum atomic E-state index is 13.1. The molecule has 0 aliphatic rings. The predicted octanol–water partition coefficient (Wildman–Crippen LogP) is 6.29. The Morgan fingerprint density at radius 3 is 0.853 bits per heavy atom. The molecule has 0 N–H and O–H groups in total. The summed E-state index contributed by atoms with van der Waals surface area (Å²) in [5, 5.41) is 1.74. The van der Waals surface area contributed by atoms with Gasteiger partial charge in [-0.2, -0.15) is 0 Å². The molecule has 162 valence electrons. The molecule has 7 rings (SSSR count). The molecule has 0 unspecified atom stereocenters. The molecule has 0 saturated carbocycles. The molecular formula is C26H10O4S4. The average molecular weight is 515 g/mol. The number of hydrogen-bond donors (Lipinski definition) is 0. The van der Waals surface area contributed by atoms with Crippen LogP contribution in [0.4, 0.5) is 0 Å². The largest absolute Gasteiger partial charge is 0.288 e. The Morgan fingerprint density at radius 1 is 0.382 bits per heavy atom. The van der Waals surface area contributed by atoms with Gasteiger partial charge in [-0.1, -0.05) is 48.5 Å². The summed E-state index contributed by atoms with van der Waals surface area (Å²) in [6, 6.07) is 17.7. The van der Waals surface area contributed by atoms with Crippen LogP contribution < -0.4 is 21.7 Å². The zero-order valence-electron chi connectivity index (χ0n) is 17.0. The third-order valence-corrected chi connectivity index (χ3v) is 11.1. The van der Waals surface area contributed by atoms with Crippen LogP contribution in [0, 0.1) is 0 Å². The number of hydrogen-bond acceptors (Lipinski definition) is 8. The highest BCUT2D eigenvalue weighted by Gasteiger charge is 2.16. The van der Waals surface area contributed by atoms with E-state index in [2.05, 4.69) is 0 Å². The first-order chi connectivity index (χ1) is 16.5. The maximum Gasteiger partial charge on any atom is 0.205 e. The standard InChI is InChI=1S/C26H10O4S4/c27-19-11-5-1-2-6-12(11)20(28)24-23(19)31-15-9-17-18(10-16(15)32-24)34-26-22(30)14-8-4-3-7-13(14)21(29)25(26)33-17/h1-10H. The van der Waals surface area contributed by atoms with Crippen LogP contribution in [0.3, 0.4) is 0 Å². The van der Waals surface area contributed by atoms with E-state index in [1.807, 2.05) is 12.1 Å². The van der Waals surface area contributed by atoms with Gasteiger partial charge in [0.2, 0.25) is 21.7 Å². The summed E-state index contributed by atoms with van der Waals surface area (Å²) >= 11 is 5.23. The summed E-state index contributed by atoms with van der Waals surface area (Å²) in [5.74, 6) is 0. The minimum Gasteiger partial charge on any atom is -0.288 e. The molecule has 0 radical (unpaired) electrons. The summed E-state index contributed by atoms with van der Waals surface area (Å²) in [6.07, 6.45) is 0.